The van der Waals surface area contributed by atoms with Gasteiger partial charge in [-0.25, -0.2) is 0 Å². The fourth-order valence-corrected chi connectivity index (χ4v) is 3.60. The van der Waals surface area contributed by atoms with E-state index in [0.29, 0.717) is 11.5 Å². The summed E-state index contributed by atoms with van der Waals surface area (Å²) in [6.07, 6.45) is 12.6. The number of aromatic hydroxyl groups is 2. The Bertz CT molecular complexity index is 596. The summed E-state index contributed by atoms with van der Waals surface area (Å²) in [6, 6.07) is 15.0. The van der Waals surface area contributed by atoms with Gasteiger partial charge in [-0.15, -0.1) is 0 Å². The van der Waals surface area contributed by atoms with Crippen LogP contribution in [0, 0.1) is 0 Å². The largest absolute Gasteiger partial charge is 0.508 e. The molecule has 4 nitrogen and oxygen atoms in total. The Labute approximate surface area is 182 Å². The van der Waals surface area contributed by atoms with Crippen LogP contribution in [0.15, 0.2) is 48.5 Å². The van der Waals surface area contributed by atoms with Gasteiger partial charge in [-0.05, 0) is 87.3 Å². The Morgan fingerprint density at radius 3 is 1.13 bits per heavy atom. The van der Waals surface area contributed by atoms with Crippen molar-refractivity contribution in [1.29, 1.82) is 0 Å². The van der Waals surface area contributed by atoms with Crippen LogP contribution in [-0.4, -0.2) is 36.4 Å². The highest BCUT2D eigenvalue weighted by Crippen LogP contribution is 2.11. The van der Waals surface area contributed by atoms with E-state index in [1.54, 1.807) is 24.3 Å². The molecule has 0 amide bonds. The molecule has 2 rings (SSSR count). The maximum absolute atomic E-state index is 9.28. The lowest BCUT2D eigenvalue weighted by Gasteiger charge is -2.06. The summed E-state index contributed by atoms with van der Waals surface area (Å²) >= 11 is 0. The van der Waals surface area contributed by atoms with Gasteiger partial charge in [0.2, 0.25) is 0 Å². The van der Waals surface area contributed by atoms with E-state index in [0.717, 1.165) is 39.0 Å². The van der Waals surface area contributed by atoms with E-state index in [1.807, 2.05) is 24.3 Å². The molecule has 0 aliphatic rings. The summed E-state index contributed by atoms with van der Waals surface area (Å²) in [4.78, 5) is 0. The van der Waals surface area contributed by atoms with Gasteiger partial charge >= 0.3 is 0 Å². The third kappa shape index (κ3) is 11.8. The molecule has 0 bridgehead atoms. The summed E-state index contributed by atoms with van der Waals surface area (Å²) in [6.45, 7) is 4.23. The van der Waals surface area contributed by atoms with Crippen LogP contribution in [0.1, 0.15) is 62.5 Å². The van der Waals surface area contributed by atoms with Crippen molar-refractivity contribution >= 4 is 0 Å². The van der Waals surface area contributed by atoms with Crippen LogP contribution in [0.2, 0.25) is 0 Å². The number of phenolic OH excluding ortho intramolecular Hbond substituents is 2. The number of nitrogens with one attached hydrogen (secondary N) is 2. The maximum Gasteiger partial charge on any atom is 0.115 e. The number of rotatable bonds is 17. The molecular formula is C26H40N2O2. The van der Waals surface area contributed by atoms with Crippen molar-refractivity contribution in [3.8, 4) is 11.5 Å². The Morgan fingerprint density at radius 1 is 0.433 bits per heavy atom. The second kappa shape index (κ2) is 15.8. The summed E-state index contributed by atoms with van der Waals surface area (Å²) in [7, 11) is 0. The molecule has 0 aromatic heterocycles. The molecule has 0 aliphatic carbocycles. The van der Waals surface area contributed by atoms with Crippen molar-refractivity contribution in [2.45, 2.75) is 64.2 Å². The van der Waals surface area contributed by atoms with E-state index in [2.05, 4.69) is 10.6 Å². The van der Waals surface area contributed by atoms with E-state index in [9.17, 15) is 10.2 Å². The molecule has 0 heterocycles. The smallest absolute Gasteiger partial charge is 0.115 e. The first-order valence-corrected chi connectivity index (χ1v) is 11.7. The normalized spacial score (nSPS) is 11.1. The topological polar surface area (TPSA) is 64.5 Å². The van der Waals surface area contributed by atoms with E-state index in [-0.39, 0.29) is 0 Å². The van der Waals surface area contributed by atoms with Gasteiger partial charge in [0.15, 0.2) is 0 Å². The second-order valence-corrected chi connectivity index (χ2v) is 8.16. The number of unbranched alkanes of at least 4 members (excludes halogenated alkanes) is 7. The average Bonchev–Trinajstić information content (AvgIpc) is 2.76. The van der Waals surface area contributed by atoms with Crippen molar-refractivity contribution in [3.05, 3.63) is 59.7 Å². The van der Waals surface area contributed by atoms with Crippen molar-refractivity contribution in [2.24, 2.45) is 0 Å². The van der Waals surface area contributed by atoms with Crippen molar-refractivity contribution < 1.29 is 10.2 Å². The molecule has 0 saturated heterocycles. The molecular weight excluding hydrogens is 372 g/mol. The Morgan fingerprint density at radius 2 is 0.767 bits per heavy atom. The fourth-order valence-electron chi connectivity index (χ4n) is 3.60. The molecule has 4 heteroatoms. The number of hydrogen-bond donors (Lipinski definition) is 4. The lowest BCUT2D eigenvalue weighted by atomic mass is 10.1. The zero-order valence-electron chi connectivity index (χ0n) is 18.4. The summed E-state index contributed by atoms with van der Waals surface area (Å²) < 4.78 is 0. The third-order valence-corrected chi connectivity index (χ3v) is 5.51. The highest BCUT2D eigenvalue weighted by atomic mass is 16.3. The Hall–Kier alpha value is -2.04. The monoisotopic (exact) mass is 412 g/mol. The molecule has 0 fully saturated rings. The van der Waals surface area contributed by atoms with Gasteiger partial charge in [0.1, 0.15) is 11.5 Å². The molecule has 0 spiro atoms. The van der Waals surface area contributed by atoms with Crippen LogP contribution >= 0.6 is 0 Å². The van der Waals surface area contributed by atoms with Gasteiger partial charge in [0, 0.05) is 0 Å². The summed E-state index contributed by atoms with van der Waals surface area (Å²) in [5.74, 6) is 0.677. The van der Waals surface area contributed by atoms with Crippen LogP contribution in [0.4, 0.5) is 0 Å². The molecule has 0 saturated carbocycles. The molecule has 0 atom stereocenters. The minimum absolute atomic E-state index is 0.338. The molecule has 4 N–H and O–H groups in total. The van der Waals surface area contributed by atoms with Gasteiger partial charge in [-0.3, -0.25) is 0 Å². The standard InChI is InChI=1S/C26H40N2O2/c29-25-13-9-23(10-14-25)17-21-27-19-7-5-3-1-2-4-6-8-20-28-22-18-24-11-15-26(30)16-12-24/h9-16,27-30H,1-8,17-22H2. The van der Waals surface area contributed by atoms with Crippen molar-refractivity contribution in [2.75, 3.05) is 26.2 Å². The molecule has 0 unspecified atom stereocenters. The molecule has 0 radical (unpaired) electrons. The highest BCUT2D eigenvalue weighted by molar-refractivity contribution is 5.26. The predicted octanol–water partition coefficient (Wildman–Crippen LogP) is 5.18. The average molecular weight is 413 g/mol. The summed E-state index contributed by atoms with van der Waals surface area (Å²) in [5, 5.41) is 25.6. The second-order valence-electron chi connectivity index (χ2n) is 8.16. The van der Waals surface area contributed by atoms with Gasteiger partial charge < -0.3 is 20.8 Å². The van der Waals surface area contributed by atoms with Gasteiger partial charge in [0.05, 0.1) is 0 Å². The van der Waals surface area contributed by atoms with E-state index in [4.69, 9.17) is 0 Å². The number of phenols is 2. The minimum Gasteiger partial charge on any atom is -0.508 e. The van der Waals surface area contributed by atoms with Gasteiger partial charge in [0.25, 0.3) is 0 Å². The van der Waals surface area contributed by atoms with Gasteiger partial charge in [-0.2, -0.15) is 0 Å². The van der Waals surface area contributed by atoms with Crippen LogP contribution in [0.3, 0.4) is 0 Å². The number of benzene rings is 2. The zero-order valence-corrected chi connectivity index (χ0v) is 18.4. The molecule has 0 aliphatic heterocycles. The summed E-state index contributed by atoms with van der Waals surface area (Å²) in [5.41, 5.74) is 2.54. The first kappa shape index (κ1) is 24.2. The quantitative estimate of drug-likeness (QED) is 0.270. The van der Waals surface area contributed by atoms with Crippen LogP contribution in [0.25, 0.3) is 0 Å². The lowest BCUT2D eigenvalue weighted by Crippen LogP contribution is -2.18. The first-order chi connectivity index (χ1) is 14.7. The zero-order chi connectivity index (χ0) is 21.3. The first-order valence-electron chi connectivity index (χ1n) is 11.7. The fraction of sp³-hybridized carbons (Fsp3) is 0.538. The lowest BCUT2D eigenvalue weighted by molar-refractivity contribution is 0.474. The van der Waals surface area contributed by atoms with Crippen molar-refractivity contribution in [3.63, 3.8) is 0 Å². The minimum atomic E-state index is 0.338. The Balaban J connectivity index is 1.27. The molecule has 2 aromatic carbocycles. The van der Waals surface area contributed by atoms with E-state index >= 15 is 0 Å². The molecule has 166 valence electrons. The number of hydrogen-bond acceptors (Lipinski definition) is 4. The van der Waals surface area contributed by atoms with Crippen molar-refractivity contribution in [1.82, 2.24) is 10.6 Å². The van der Waals surface area contributed by atoms with Crippen LogP contribution < -0.4 is 10.6 Å². The highest BCUT2D eigenvalue weighted by Gasteiger charge is 1.96. The van der Waals surface area contributed by atoms with Crippen LogP contribution in [0.5, 0.6) is 11.5 Å². The SMILES string of the molecule is Oc1ccc(CCNCCCCCCCCCCNCCc2ccc(O)cc2)cc1. The predicted molar refractivity (Wildman–Crippen MR) is 126 cm³/mol. The molecule has 2 aromatic rings. The Kier molecular flexibility index (Phi) is 12.7. The third-order valence-electron chi connectivity index (χ3n) is 5.51. The van der Waals surface area contributed by atoms with Crippen LogP contribution in [-0.2, 0) is 12.8 Å². The molecule has 30 heavy (non-hydrogen) atoms. The van der Waals surface area contributed by atoms with Gasteiger partial charge in [-0.1, -0.05) is 62.8 Å². The van der Waals surface area contributed by atoms with E-state index in [1.165, 1.54) is 62.5 Å². The maximum atomic E-state index is 9.28. The van der Waals surface area contributed by atoms with E-state index < -0.39 is 0 Å².